The van der Waals surface area contributed by atoms with E-state index < -0.39 is 0 Å². The third kappa shape index (κ3) is 2.13. The third-order valence-electron chi connectivity index (χ3n) is 2.86. The molecule has 1 heterocycles. The van der Waals surface area contributed by atoms with Gasteiger partial charge in [0.05, 0.1) is 5.02 Å². The summed E-state index contributed by atoms with van der Waals surface area (Å²) in [5.41, 5.74) is 1.84. The molecule has 0 aliphatic rings. The van der Waals surface area contributed by atoms with Gasteiger partial charge in [-0.05, 0) is 32.4 Å². The largest absolute Gasteiger partial charge is 0.388 e. The second kappa shape index (κ2) is 5.08. The van der Waals surface area contributed by atoms with Crippen molar-refractivity contribution in [2.45, 2.75) is 33.4 Å². The van der Waals surface area contributed by atoms with Crippen molar-refractivity contribution < 1.29 is 5.11 Å². The van der Waals surface area contributed by atoms with Gasteiger partial charge < -0.3 is 9.67 Å². The van der Waals surface area contributed by atoms with Crippen LogP contribution in [0.25, 0.3) is 11.4 Å². The summed E-state index contributed by atoms with van der Waals surface area (Å²) in [5, 5.41) is 18.1. The van der Waals surface area contributed by atoms with Crippen LogP contribution in [0.15, 0.2) is 18.2 Å². The van der Waals surface area contributed by atoms with Crippen molar-refractivity contribution in [2.24, 2.45) is 0 Å². The molecule has 1 N–H and O–H groups in total. The molecule has 0 aliphatic carbocycles. The predicted octanol–water partition coefficient (Wildman–Crippen LogP) is 2.98. The maximum absolute atomic E-state index is 9.30. The maximum Gasteiger partial charge on any atom is 0.165 e. The zero-order valence-electron chi connectivity index (χ0n) is 10.7. The lowest BCUT2D eigenvalue weighted by Gasteiger charge is -2.14. The van der Waals surface area contributed by atoms with Gasteiger partial charge in [-0.15, -0.1) is 10.2 Å². The van der Waals surface area contributed by atoms with Gasteiger partial charge in [-0.2, -0.15) is 0 Å². The Bertz CT molecular complexity index is 563. The van der Waals surface area contributed by atoms with Crippen molar-refractivity contribution in [2.75, 3.05) is 0 Å². The number of hydrogen-bond donors (Lipinski definition) is 1. The van der Waals surface area contributed by atoms with Gasteiger partial charge in [-0.3, -0.25) is 0 Å². The molecule has 0 saturated heterocycles. The summed E-state index contributed by atoms with van der Waals surface area (Å²) in [6.07, 6.45) is 0. The molecule has 2 aromatic rings. The Morgan fingerprint density at radius 3 is 2.67 bits per heavy atom. The molecule has 0 saturated carbocycles. The number of hydrogen-bond acceptors (Lipinski definition) is 3. The molecule has 0 bridgehead atoms. The number of aryl methyl sites for hydroxylation is 1. The Hall–Kier alpha value is -1.39. The summed E-state index contributed by atoms with van der Waals surface area (Å²) < 4.78 is 1.90. The van der Waals surface area contributed by atoms with Crippen LogP contribution in [0, 0.1) is 6.92 Å². The normalized spacial score (nSPS) is 11.2. The quantitative estimate of drug-likeness (QED) is 0.928. The van der Waals surface area contributed by atoms with E-state index in [0.717, 1.165) is 11.1 Å². The van der Waals surface area contributed by atoms with Crippen molar-refractivity contribution in [3.05, 3.63) is 34.6 Å². The maximum atomic E-state index is 9.30. The Morgan fingerprint density at radius 2 is 2.06 bits per heavy atom. The highest BCUT2D eigenvalue weighted by atomic mass is 35.5. The lowest BCUT2D eigenvalue weighted by molar-refractivity contribution is 0.262. The van der Waals surface area contributed by atoms with E-state index in [-0.39, 0.29) is 12.6 Å². The monoisotopic (exact) mass is 265 g/mol. The molecule has 5 heteroatoms. The number of aliphatic hydroxyl groups is 1. The summed E-state index contributed by atoms with van der Waals surface area (Å²) in [5.74, 6) is 1.25. The number of aliphatic hydroxyl groups excluding tert-OH is 1. The Morgan fingerprint density at radius 1 is 1.33 bits per heavy atom. The minimum Gasteiger partial charge on any atom is -0.388 e. The molecule has 0 unspecified atom stereocenters. The average Bonchev–Trinajstić information content (AvgIpc) is 2.76. The van der Waals surface area contributed by atoms with Crippen molar-refractivity contribution in [1.82, 2.24) is 14.8 Å². The molecular formula is C13H16ClN3O. The second-order valence-corrected chi connectivity index (χ2v) is 4.88. The van der Waals surface area contributed by atoms with Gasteiger partial charge in [0, 0.05) is 11.6 Å². The van der Waals surface area contributed by atoms with E-state index in [9.17, 15) is 5.11 Å². The second-order valence-electron chi connectivity index (χ2n) is 4.50. The molecule has 1 aromatic heterocycles. The summed E-state index contributed by atoms with van der Waals surface area (Å²) in [6, 6.07) is 5.97. The van der Waals surface area contributed by atoms with E-state index in [1.807, 2.05) is 43.5 Å². The van der Waals surface area contributed by atoms with Gasteiger partial charge in [0.25, 0.3) is 0 Å². The van der Waals surface area contributed by atoms with Gasteiger partial charge in [-0.1, -0.05) is 23.7 Å². The minimum absolute atomic E-state index is 0.130. The standard InChI is InChI=1S/C13H16ClN3O/c1-8(2)17-11(7-18)15-16-13(17)10-6-4-5-9(3)12(10)14/h4-6,8,18H,7H2,1-3H3. The molecule has 2 rings (SSSR count). The zero-order chi connectivity index (χ0) is 13.3. The summed E-state index contributed by atoms with van der Waals surface area (Å²) in [4.78, 5) is 0. The fraction of sp³-hybridized carbons (Fsp3) is 0.385. The van der Waals surface area contributed by atoms with Gasteiger partial charge in [-0.25, -0.2) is 0 Å². The third-order valence-corrected chi connectivity index (χ3v) is 3.36. The van der Waals surface area contributed by atoms with Crippen LogP contribution < -0.4 is 0 Å². The number of nitrogens with zero attached hydrogens (tertiary/aromatic N) is 3. The molecule has 0 spiro atoms. The highest BCUT2D eigenvalue weighted by molar-refractivity contribution is 6.33. The summed E-state index contributed by atoms with van der Waals surface area (Å²) in [7, 11) is 0. The van der Waals surface area contributed by atoms with E-state index in [4.69, 9.17) is 11.6 Å². The Kier molecular flexibility index (Phi) is 3.68. The van der Waals surface area contributed by atoms with Gasteiger partial charge >= 0.3 is 0 Å². The van der Waals surface area contributed by atoms with Crippen LogP contribution in [0.2, 0.25) is 5.02 Å². The molecule has 96 valence electrons. The van der Waals surface area contributed by atoms with Crippen LogP contribution >= 0.6 is 11.6 Å². The summed E-state index contributed by atoms with van der Waals surface area (Å²) >= 11 is 6.31. The summed E-state index contributed by atoms with van der Waals surface area (Å²) in [6.45, 7) is 5.87. The minimum atomic E-state index is -0.130. The molecular weight excluding hydrogens is 250 g/mol. The van der Waals surface area contributed by atoms with Gasteiger partial charge in [0.2, 0.25) is 0 Å². The topological polar surface area (TPSA) is 50.9 Å². The first kappa shape index (κ1) is 13.1. The van der Waals surface area contributed by atoms with Crippen LogP contribution in [-0.2, 0) is 6.61 Å². The molecule has 1 aromatic carbocycles. The van der Waals surface area contributed by atoms with Crippen molar-refractivity contribution in [3.63, 3.8) is 0 Å². The average molecular weight is 266 g/mol. The first-order valence-corrected chi connectivity index (χ1v) is 6.24. The number of halogens is 1. The van der Waals surface area contributed by atoms with E-state index in [1.165, 1.54) is 0 Å². The molecule has 0 radical (unpaired) electrons. The van der Waals surface area contributed by atoms with Crippen LogP contribution in [-0.4, -0.2) is 19.9 Å². The number of aromatic nitrogens is 3. The lowest BCUT2D eigenvalue weighted by atomic mass is 10.1. The van der Waals surface area contributed by atoms with Crippen LogP contribution in [0.5, 0.6) is 0 Å². The lowest BCUT2D eigenvalue weighted by Crippen LogP contribution is -2.08. The van der Waals surface area contributed by atoms with E-state index in [0.29, 0.717) is 16.7 Å². The predicted molar refractivity (Wildman–Crippen MR) is 71.5 cm³/mol. The van der Waals surface area contributed by atoms with Crippen LogP contribution in [0.1, 0.15) is 31.3 Å². The van der Waals surface area contributed by atoms with Gasteiger partial charge in [0.1, 0.15) is 6.61 Å². The molecule has 0 amide bonds. The number of rotatable bonds is 3. The SMILES string of the molecule is Cc1cccc(-c2nnc(CO)n2C(C)C)c1Cl. The van der Waals surface area contributed by atoms with E-state index in [1.54, 1.807) is 0 Å². The fourth-order valence-corrected chi connectivity index (χ4v) is 2.19. The molecule has 4 nitrogen and oxygen atoms in total. The molecule has 0 atom stereocenters. The Labute approximate surface area is 111 Å². The van der Waals surface area contributed by atoms with E-state index >= 15 is 0 Å². The highest BCUT2D eigenvalue weighted by Gasteiger charge is 2.18. The number of benzene rings is 1. The van der Waals surface area contributed by atoms with Crippen molar-refractivity contribution in [3.8, 4) is 11.4 Å². The fourth-order valence-electron chi connectivity index (χ4n) is 1.98. The first-order valence-electron chi connectivity index (χ1n) is 5.86. The highest BCUT2D eigenvalue weighted by Crippen LogP contribution is 2.31. The van der Waals surface area contributed by atoms with Crippen molar-refractivity contribution >= 4 is 11.6 Å². The smallest absolute Gasteiger partial charge is 0.165 e. The van der Waals surface area contributed by atoms with E-state index in [2.05, 4.69) is 10.2 Å². The Balaban J connectivity index is 2.64. The molecule has 0 aliphatic heterocycles. The first-order chi connectivity index (χ1) is 8.56. The van der Waals surface area contributed by atoms with Crippen molar-refractivity contribution in [1.29, 1.82) is 0 Å². The molecule has 0 fully saturated rings. The zero-order valence-corrected chi connectivity index (χ0v) is 11.4. The molecule has 18 heavy (non-hydrogen) atoms. The van der Waals surface area contributed by atoms with Crippen LogP contribution in [0.4, 0.5) is 0 Å². The van der Waals surface area contributed by atoms with Crippen LogP contribution in [0.3, 0.4) is 0 Å². The van der Waals surface area contributed by atoms with Gasteiger partial charge in [0.15, 0.2) is 11.6 Å².